The van der Waals surface area contributed by atoms with Gasteiger partial charge in [0.25, 0.3) is 5.91 Å². The molecule has 0 aromatic heterocycles. The molecule has 0 spiro atoms. The Morgan fingerprint density at radius 2 is 1.72 bits per heavy atom. The maximum atomic E-state index is 12.3. The molecule has 0 aliphatic carbocycles. The molecule has 0 bridgehead atoms. The zero-order chi connectivity index (χ0) is 20.8. The first-order valence-corrected chi connectivity index (χ1v) is 10.4. The number of nitrogens with one attached hydrogen (secondary N) is 1. The fraction of sp³-hybridized carbons (Fsp3) is 0.391. The number of ether oxygens (including phenoxy) is 2. The highest BCUT2D eigenvalue weighted by Crippen LogP contribution is 2.30. The molecule has 2 aromatic carbocycles. The van der Waals surface area contributed by atoms with Crippen LogP contribution in [0.5, 0.6) is 11.5 Å². The van der Waals surface area contributed by atoms with E-state index in [0.29, 0.717) is 18.1 Å². The van der Waals surface area contributed by atoms with Crippen molar-refractivity contribution < 1.29 is 14.3 Å². The lowest BCUT2D eigenvalue weighted by atomic mass is 10.1. The lowest BCUT2D eigenvalue weighted by Crippen LogP contribution is -2.26. The number of nitrogens with zero attached hydrogens (tertiary/aromatic N) is 1. The molecule has 1 amide bonds. The number of amides is 1. The van der Waals surface area contributed by atoms with Gasteiger partial charge in [-0.25, -0.2) is 0 Å². The van der Waals surface area contributed by atoms with Crippen molar-refractivity contribution in [3.05, 3.63) is 53.1 Å². The van der Waals surface area contributed by atoms with Gasteiger partial charge in [0.2, 0.25) is 0 Å². The number of thiocarbonyl (C=S) groups is 1. The summed E-state index contributed by atoms with van der Waals surface area (Å²) in [6, 6.07) is 11.6. The van der Waals surface area contributed by atoms with Gasteiger partial charge in [0, 0.05) is 24.3 Å². The van der Waals surface area contributed by atoms with E-state index in [1.165, 1.54) is 12.8 Å². The maximum Gasteiger partial charge on any atom is 0.262 e. The minimum atomic E-state index is -0.214. The Balaban J connectivity index is 1.66. The fourth-order valence-corrected chi connectivity index (χ4v) is 3.83. The van der Waals surface area contributed by atoms with Crippen molar-refractivity contribution >= 4 is 28.8 Å². The zero-order valence-corrected chi connectivity index (χ0v) is 18.1. The van der Waals surface area contributed by atoms with Gasteiger partial charge in [0.1, 0.15) is 4.99 Å². The van der Waals surface area contributed by atoms with Crippen molar-refractivity contribution in [1.82, 2.24) is 4.90 Å². The Morgan fingerprint density at radius 1 is 1.03 bits per heavy atom. The molecule has 1 fully saturated rings. The second kappa shape index (κ2) is 9.74. The van der Waals surface area contributed by atoms with Gasteiger partial charge in [0.05, 0.1) is 6.61 Å². The van der Waals surface area contributed by atoms with Crippen molar-refractivity contribution in [3.63, 3.8) is 0 Å². The smallest absolute Gasteiger partial charge is 0.262 e. The predicted octanol–water partition coefficient (Wildman–Crippen LogP) is 4.49. The van der Waals surface area contributed by atoms with Crippen LogP contribution < -0.4 is 14.8 Å². The third-order valence-corrected chi connectivity index (χ3v) is 5.24. The molecule has 1 aliphatic rings. The number of aryl methyl sites for hydroxylation is 2. The molecule has 0 unspecified atom stereocenters. The molecule has 5 nitrogen and oxygen atoms in total. The Kier molecular flexibility index (Phi) is 7.09. The quantitative estimate of drug-likeness (QED) is 0.679. The summed E-state index contributed by atoms with van der Waals surface area (Å²) in [4.78, 5) is 15.4. The molecule has 1 heterocycles. The highest BCUT2D eigenvalue weighted by molar-refractivity contribution is 7.80. The van der Waals surface area contributed by atoms with Crippen molar-refractivity contribution in [2.45, 2.75) is 33.6 Å². The molecule has 0 atom stereocenters. The van der Waals surface area contributed by atoms with Crippen LogP contribution in [-0.4, -0.2) is 42.1 Å². The SMILES string of the molecule is CCOc1cc(C(=S)N2CCCC2)ccc1OCC(=O)Nc1cc(C)cc(C)c1. The van der Waals surface area contributed by atoms with Crippen LogP contribution in [0.4, 0.5) is 5.69 Å². The topological polar surface area (TPSA) is 50.8 Å². The van der Waals surface area contributed by atoms with E-state index in [4.69, 9.17) is 21.7 Å². The fourth-order valence-electron chi connectivity index (χ4n) is 3.52. The average molecular weight is 413 g/mol. The summed E-state index contributed by atoms with van der Waals surface area (Å²) in [6.07, 6.45) is 2.35. The normalized spacial score (nSPS) is 13.3. The third-order valence-electron chi connectivity index (χ3n) is 4.75. The lowest BCUT2D eigenvalue weighted by molar-refractivity contribution is -0.118. The number of hydrogen-bond donors (Lipinski definition) is 1. The molecule has 0 saturated carbocycles. The predicted molar refractivity (Wildman–Crippen MR) is 120 cm³/mol. The Morgan fingerprint density at radius 3 is 2.38 bits per heavy atom. The molecule has 1 N–H and O–H groups in total. The Labute approximate surface area is 178 Å². The summed E-state index contributed by atoms with van der Waals surface area (Å²) in [5, 5.41) is 2.88. The van der Waals surface area contributed by atoms with Gasteiger partial charge in [-0.1, -0.05) is 18.3 Å². The van der Waals surface area contributed by atoms with E-state index >= 15 is 0 Å². The third kappa shape index (κ3) is 5.70. The molecular formula is C23H28N2O3S. The summed E-state index contributed by atoms with van der Waals surface area (Å²) in [6.45, 7) is 8.33. The van der Waals surface area contributed by atoms with Crippen LogP contribution in [0, 0.1) is 13.8 Å². The number of anilines is 1. The highest BCUT2D eigenvalue weighted by Gasteiger charge is 2.18. The van der Waals surface area contributed by atoms with Crippen molar-refractivity contribution in [2.24, 2.45) is 0 Å². The number of likely N-dealkylation sites (tertiary alicyclic amines) is 1. The number of carbonyl (C=O) groups is 1. The van der Waals surface area contributed by atoms with Crippen molar-refractivity contribution in [1.29, 1.82) is 0 Å². The van der Waals surface area contributed by atoms with Gasteiger partial charge in [0.15, 0.2) is 18.1 Å². The van der Waals surface area contributed by atoms with E-state index in [-0.39, 0.29) is 12.5 Å². The molecule has 1 saturated heterocycles. The second-order valence-corrected chi connectivity index (χ2v) is 7.69. The Bertz CT molecular complexity index is 871. The Hall–Kier alpha value is -2.60. The number of hydrogen-bond acceptors (Lipinski definition) is 4. The van der Waals surface area contributed by atoms with Crippen molar-refractivity contribution in [3.8, 4) is 11.5 Å². The zero-order valence-electron chi connectivity index (χ0n) is 17.3. The van der Waals surface area contributed by atoms with Crippen LogP contribution >= 0.6 is 12.2 Å². The van der Waals surface area contributed by atoms with Gasteiger partial charge >= 0.3 is 0 Å². The number of benzene rings is 2. The standard InChI is InChI=1S/C23H28N2O3S/c1-4-27-21-14-18(23(29)25-9-5-6-10-25)7-8-20(21)28-15-22(26)24-19-12-16(2)11-17(3)13-19/h7-8,11-14H,4-6,9-10,15H2,1-3H3,(H,24,26). The molecular weight excluding hydrogens is 384 g/mol. The summed E-state index contributed by atoms with van der Waals surface area (Å²) in [5.41, 5.74) is 3.92. The highest BCUT2D eigenvalue weighted by atomic mass is 32.1. The lowest BCUT2D eigenvalue weighted by Gasteiger charge is -2.20. The first-order valence-electron chi connectivity index (χ1n) is 10.0. The van der Waals surface area contributed by atoms with Crippen LogP contribution in [0.2, 0.25) is 0 Å². The van der Waals surface area contributed by atoms with Crippen LogP contribution in [-0.2, 0) is 4.79 Å². The molecule has 29 heavy (non-hydrogen) atoms. The van der Waals surface area contributed by atoms with Gasteiger partial charge in [-0.3, -0.25) is 4.79 Å². The van der Waals surface area contributed by atoms with Gasteiger partial charge < -0.3 is 19.7 Å². The monoisotopic (exact) mass is 412 g/mol. The van der Waals surface area contributed by atoms with Crippen LogP contribution in [0.1, 0.15) is 36.5 Å². The molecule has 0 radical (unpaired) electrons. The summed E-state index contributed by atoms with van der Waals surface area (Å²) in [5.74, 6) is 0.926. The van der Waals surface area contributed by atoms with E-state index in [9.17, 15) is 4.79 Å². The van der Waals surface area contributed by atoms with Gasteiger partial charge in [-0.05, 0) is 75.1 Å². The molecule has 6 heteroatoms. The molecule has 1 aliphatic heterocycles. The summed E-state index contributed by atoms with van der Waals surface area (Å²) < 4.78 is 11.5. The number of rotatable bonds is 7. The van der Waals surface area contributed by atoms with E-state index in [0.717, 1.165) is 40.5 Å². The second-order valence-electron chi connectivity index (χ2n) is 7.31. The van der Waals surface area contributed by atoms with E-state index in [1.54, 1.807) is 0 Å². The minimum Gasteiger partial charge on any atom is -0.490 e. The number of carbonyl (C=O) groups excluding carboxylic acids is 1. The van der Waals surface area contributed by atoms with E-state index < -0.39 is 0 Å². The summed E-state index contributed by atoms with van der Waals surface area (Å²) >= 11 is 5.63. The van der Waals surface area contributed by atoms with E-state index in [1.807, 2.05) is 51.1 Å². The molecule has 154 valence electrons. The molecule has 3 rings (SSSR count). The van der Waals surface area contributed by atoms with E-state index in [2.05, 4.69) is 16.3 Å². The van der Waals surface area contributed by atoms with Crippen LogP contribution in [0.15, 0.2) is 36.4 Å². The largest absolute Gasteiger partial charge is 0.490 e. The van der Waals surface area contributed by atoms with Crippen molar-refractivity contribution in [2.75, 3.05) is 31.6 Å². The average Bonchev–Trinajstić information content (AvgIpc) is 3.20. The van der Waals surface area contributed by atoms with Gasteiger partial charge in [-0.2, -0.15) is 0 Å². The van der Waals surface area contributed by atoms with Crippen LogP contribution in [0.25, 0.3) is 0 Å². The summed E-state index contributed by atoms with van der Waals surface area (Å²) in [7, 11) is 0. The first-order chi connectivity index (χ1) is 14.0. The minimum absolute atomic E-state index is 0.0943. The van der Waals surface area contributed by atoms with Gasteiger partial charge in [-0.15, -0.1) is 0 Å². The first kappa shape index (κ1) is 21.1. The maximum absolute atomic E-state index is 12.3. The molecule has 2 aromatic rings. The van der Waals surface area contributed by atoms with Crippen LogP contribution in [0.3, 0.4) is 0 Å².